The Hall–Kier alpha value is -3.06. The Bertz CT molecular complexity index is 1690. The van der Waals surface area contributed by atoms with E-state index in [4.69, 9.17) is 0 Å². The van der Waals surface area contributed by atoms with Gasteiger partial charge in [-0.05, 0) is 33.4 Å². The summed E-state index contributed by atoms with van der Waals surface area (Å²) in [4.78, 5) is 0. The molecule has 50 heavy (non-hydrogen) atoms. The molecule has 2 nitrogen and oxygen atoms in total. The third-order valence-electron chi connectivity index (χ3n) is 6.42. The van der Waals surface area contributed by atoms with Gasteiger partial charge in [0.2, 0.25) is 0 Å². The minimum absolute atomic E-state index is 0.873. The third-order valence-corrected chi connectivity index (χ3v) is 7.71. The molecule has 18 heteroatoms. The summed E-state index contributed by atoms with van der Waals surface area (Å²) in [6.45, 7) is 1.75. The molecule has 0 amide bonds. The number of aromatic nitrogens is 2. The average Bonchev–Trinajstić information content (AvgIpc) is 3.00. The van der Waals surface area contributed by atoms with E-state index in [1.807, 2.05) is 0 Å². The van der Waals surface area contributed by atoms with Crippen LogP contribution in [0.4, 0.5) is 50.4 Å². The fourth-order valence-electron chi connectivity index (χ4n) is 4.25. The molecule has 5 rings (SSSR count). The van der Waals surface area contributed by atoms with Crippen molar-refractivity contribution >= 4 is 47.5 Å². The molecular formula is C32H28Br2F12N2P2. The first-order valence-electron chi connectivity index (χ1n) is 14.1. The van der Waals surface area contributed by atoms with Gasteiger partial charge in [-0.1, -0.05) is 105 Å². The van der Waals surface area contributed by atoms with E-state index in [0.717, 1.165) is 23.7 Å². The Morgan fingerprint density at radius 3 is 0.760 bits per heavy atom. The molecule has 2 heterocycles. The number of nitrogens with zero attached hydrogens (tertiary/aromatic N) is 2. The van der Waals surface area contributed by atoms with Crippen molar-refractivity contribution in [3.05, 3.63) is 144 Å². The summed E-state index contributed by atoms with van der Waals surface area (Å²) < 4.78 is 123. The SMILES string of the molecule is BrCc1ccc(C[n+]2ccc(-c3ccc(-c4cc[n+](Cc5ccc(CBr)cc5)cc4)cc3)cc2)cc1.F[P-](F)(F)(F)(F)F.F[P-](F)(F)(F)(F)F. The fraction of sp³-hybridized carbons (Fsp3) is 0.125. The molecule has 0 saturated heterocycles. The zero-order chi connectivity index (χ0) is 37.6. The molecule has 0 bridgehead atoms. The van der Waals surface area contributed by atoms with Gasteiger partial charge in [0.05, 0.1) is 0 Å². The maximum absolute atomic E-state index is 10.7. The van der Waals surface area contributed by atoms with Gasteiger partial charge < -0.3 is 0 Å². The number of alkyl halides is 2. The van der Waals surface area contributed by atoms with Gasteiger partial charge in [-0.2, -0.15) is 0 Å². The Morgan fingerprint density at radius 2 is 0.540 bits per heavy atom. The van der Waals surface area contributed by atoms with Crippen molar-refractivity contribution in [1.29, 1.82) is 0 Å². The quantitative estimate of drug-likeness (QED) is 0.0635. The molecule has 3 aromatic carbocycles. The third kappa shape index (κ3) is 19.4. The summed E-state index contributed by atoms with van der Waals surface area (Å²) in [6, 6.07) is 35.1. The van der Waals surface area contributed by atoms with E-state index in [9.17, 15) is 50.4 Å². The molecule has 0 radical (unpaired) electrons. The molecule has 0 fully saturated rings. The van der Waals surface area contributed by atoms with Crippen LogP contribution in [0.5, 0.6) is 0 Å². The second-order valence-corrected chi connectivity index (χ2v) is 15.9. The number of pyridine rings is 2. The number of rotatable bonds is 8. The van der Waals surface area contributed by atoms with Crippen molar-refractivity contribution in [3.63, 3.8) is 0 Å². The maximum atomic E-state index is 9.87. The van der Waals surface area contributed by atoms with Crippen LogP contribution in [0.25, 0.3) is 22.3 Å². The molecule has 2 aromatic heterocycles. The summed E-state index contributed by atoms with van der Waals surface area (Å²) in [5, 5.41) is 1.79. The van der Waals surface area contributed by atoms with E-state index in [1.165, 1.54) is 44.5 Å². The monoisotopic (exact) mass is 888 g/mol. The zero-order valence-electron chi connectivity index (χ0n) is 25.5. The van der Waals surface area contributed by atoms with Crippen LogP contribution < -0.4 is 9.13 Å². The molecule has 0 N–H and O–H groups in total. The van der Waals surface area contributed by atoms with Gasteiger partial charge in [-0.25, -0.2) is 9.13 Å². The predicted octanol–water partition coefficient (Wildman–Crippen LogP) is 14.2. The van der Waals surface area contributed by atoms with Crippen LogP contribution in [0, 0.1) is 0 Å². The first-order chi connectivity index (χ1) is 22.6. The molecule has 0 aliphatic carbocycles. The number of benzene rings is 3. The Kier molecular flexibility index (Phi) is 11.7. The molecule has 0 atom stereocenters. The van der Waals surface area contributed by atoms with Gasteiger partial charge >= 0.3 is 66.0 Å². The molecular weight excluding hydrogens is 862 g/mol. The molecule has 274 valence electrons. The summed E-state index contributed by atoms with van der Waals surface area (Å²) in [5.74, 6) is 0. The molecule has 5 aromatic rings. The first kappa shape index (κ1) is 41.4. The average molecular weight is 890 g/mol. The molecule has 0 saturated carbocycles. The van der Waals surface area contributed by atoms with Gasteiger partial charge in [0.15, 0.2) is 37.9 Å². The molecule has 0 aliphatic heterocycles. The van der Waals surface area contributed by atoms with Crippen molar-refractivity contribution < 1.29 is 59.5 Å². The molecule has 0 aliphatic rings. The summed E-state index contributed by atoms with van der Waals surface area (Å²) in [5.41, 5.74) is 10.1. The van der Waals surface area contributed by atoms with Crippen LogP contribution >= 0.6 is 47.5 Å². The zero-order valence-corrected chi connectivity index (χ0v) is 30.4. The van der Waals surface area contributed by atoms with Gasteiger partial charge in [-0.3, -0.25) is 0 Å². The Morgan fingerprint density at radius 1 is 0.340 bits per heavy atom. The second kappa shape index (κ2) is 14.2. The van der Waals surface area contributed by atoms with E-state index in [2.05, 4.69) is 163 Å². The van der Waals surface area contributed by atoms with Gasteiger partial charge in [-0.15, -0.1) is 0 Å². The minimum atomic E-state index is -10.7. The van der Waals surface area contributed by atoms with E-state index < -0.39 is 15.6 Å². The Labute approximate surface area is 296 Å². The van der Waals surface area contributed by atoms with Crippen molar-refractivity contribution in [2.24, 2.45) is 0 Å². The standard InChI is InChI=1S/C32H28Br2N2.2F6P/c33-21-25-1-5-27(6-2-25)23-35-17-13-31(14-18-35)29-9-11-30(12-10-29)32-15-19-36(20-16-32)24-28-7-3-26(22-34)4-8-28;2*1-7(2,3,4,5)6/h1-20H,21-24H2;;/q+2;2*-1. The summed E-state index contributed by atoms with van der Waals surface area (Å²) in [6.07, 6.45) is 8.63. The van der Waals surface area contributed by atoms with Crippen molar-refractivity contribution in [1.82, 2.24) is 0 Å². The fourth-order valence-corrected chi connectivity index (χ4v) is 5.00. The van der Waals surface area contributed by atoms with E-state index in [0.29, 0.717) is 0 Å². The Balaban J connectivity index is 0.000000408. The van der Waals surface area contributed by atoms with Crippen LogP contribution in [-0.2, 0) is 23.7 Å². The molecule has 0 spiro atoms. The van der Waals surface area contributed by atoms with Gasteiger partial charge in [0, 0.05) is 46.1 Å². The van der Waals surface area contributed by atoms with Crippen LogP contribution in [0.1, 0.15) is 22.3 Å². The predicted molar refractivity (Wildman–Crippen MR) is 181 cm³/mol. The van der Waals surface area contributed by atoms with Crippen LogP contribution in [0.2, 0.25) is 0 Å². The number of halogens is 14. The molecule has 0 unspecified atom stereocenters. The van der Waals surface area contributed by atoms with Crippen LogP contribution in [0.15, 0.2) is 122 Å². The van der Waals surface area contributed by atoms with Crippen LogP contribution in [0.3, 0.4) is 0 Å². The van der Waals surface area contributed by atoms with Crippen LogP contribution in [-0.4, -0.2) is 0 Å². The number of hydrogen-bond acceptors (Lipinski definition) is 0. The van der Waals surface area contributed by atoms with Crippen molar-refractivity contribution in [2.45, 2.75) is 23.7 Å². The van der Waals surface area contributed by atoms with Crippen molar-refractivity contribution in [3.8, 4) is 22.3 Å². The summed E-state index contributed by atoms with van der Waals surface area (Å²) >= 11 is 7.01. The topological polar surface area (TPSA) is 7.76 Å². The van der Waals surface area contributed by atoms with E-state index in [1.54, 1.807) is 0 Å². The normalized spacial score (nSPS) is 14.4. The van der Waals surface area contributed by atoms with Gasteiger partial charge in [0.25, 0.3) is 0 Å². The van der Waals surface area contributed by atoms with Gasteiger partial charge in [0.1, 0.15) is 0 Å². The first-order valence-corrected chi connectivity index (χ1v) is 20.4. The van der Waals surface area contributed by atoms with E-state index in [-0.39, 0.29) is 0 Å². The van der Waals surface area contributed by atoms with E-state index >= 15 is 0 Å². The summed E-state index contributed by atoms with van der Waals surface area (Å²) in [7, 11) is -21.3. The second-order valence-electron chi connectivity index (χ2n) is 10.9. The number of hydrogen-bond donors (Lipinski definition) is 0. The van der Waals surface area contributed by atoms with Crippen molar-refractivity contribution in [2.75, 3.05) is 0 Å².